The summed E-state index contributed by atoms with van der Waals surface area (Å²) in [6, 6.07) is 29.2. The maximum atomic E-state index is 14.1. The number of anilines is 1. The lowest BCUT2D eigenvalue weighted by Crippen LogP contribution is -2.29. The molecule has 1 aliphatic heterocycles. The number of benzene rings is 4. The Morgan fingerprint density at radius 3 is 2.32 bits per heavy atom. The fourth-order valence-electron chi connectivity index (χ4n) is 4.89. The zero-order chi connectivity index (χ0) is 30.6. The number of ether oxygens (including phenoxy) is 1. The third-order valence-electron chi connectivity index (χ3n) is 7.25. The second-order valence-electron chi connectivity index (χ2n) is 10.0. The van der Waals surface area contributed by atoms with Crippen molar-refractivity contribution < 1.29 is 23.8 Å². The predicted octanol–water partition coefficient (Wildman–Crippen LogP) is 7.48. The van der Waals surface area contributed by atoms with E-state index in [-0.39, 0.29) is 22.3 Å². The molecule has 10 heteroatoms. The largest absolute Gasteiger partial charge is 0.507 e. The van der Waals surface area contributed by atoms with E-state index >= 15 is 0 Å². The number of halogens is 1. The summed E-state index contributed by atoms with van der Waals surface area (Å²) in [5.74, 6) is -1.34. The summed E-state index contributed by atoms with van der Waals surface area (Å²) in [5.41, 5.74) is 3.65. The first-order chi connectivity index (χ1) is 21.4. The van der Waals surface area contributed by atoms with Crippen LogP contribution >= 0.6 is 23.1 Å². The van der Waals surface area contributed by atoms with Crippen molar-refractivity contribution in [2.75, 3.05) is 4.90 Å². The van der Waals surface area contributed by atoms with E-state index in [0.717, 1.165) is 22.5 Å². The van der Waals surface area contributed by atoms with E-state index in [1.165, 1.54) is 22.7 Å². The van der Waals surface area contributed by atoms with Gasteiger partial charge < -0.3 is 9.84 Å². The van der Waals surface area contributed by atoms with Crippen LogP contribution in [0.5, 0.6) is 5.75 Å². The summed E-state index contributed by atoms with van der Waals surface area (Å²) in [4.78, 5) is 28.2. The first-order valence-corrected chi connectivity index (χ1v) is 15.5. The van der Waals surface area contributed by atoms with Gasteiger partial charge in [0.1, 0.15) is 23.9 Å². The smallest absolute Gasteiger partial charge is 0.301 e. The van der Waals surface area contributed by atoms with E-state index in [4.69, 9.17) is 4.74 Å². The summed E-state index contributed by atoms with van der Waals surface area (Å²) >= 11 is 2.41. The van der Waals surface area contributed by atoms with Gasteiger partial charge in [-0.3, -0.25) is 14.5 Å². The van der Waals surface area contributed by atoms with Crippen LogP contribution in [0.4, 0.5) is 9.52 Å². The minimum atomic E-state index is -0.925. The van der Waals surface area contributed by atoms with Crippen molar-refractivity contribution in [1.82, 2.24) is 10.2 Å². The highest BCUT2D eigenvalue weighted by Gasteiger charge is 2.48. The van der Waals surface area contributed by atoms with Gasteiger partial charge in [-0.05, 0) is 59.5 Å². The molecule has 1 aromatic heterocycles. The number of aliphatic hydroxyl groups excluding tert-OH is 1. The molecule has 7 nitrogen and oxygen atoms in total. The summed E-state index contributed by atoms with van der Waals surface area (Å²) < 4.78 is 20.6. The number of ketones is 1. The second-order valence-corrected chi connectivity index (χ2v) is 12.2. The van der Waals surface area contributed by atoms with Crippen LogP contribution in [0, 0.1) is 12.7 Å². The van der Waals surface area contributed by atoms with Crippen LogP contribution in [0.25, 0.3) is 5.76 Å². The van der Waals surface area contributed by atoms with Crippen molar-refractivity contribution in [1.29, 1.82) is 0 Å². The average Bonchev–Trinajstić information content (AvgIpc) is 3.62. The molecule has 220 valence electrons. The topological polar surface area (TPSA) is 92.6 Å². The van der Waals surface area contributed by atoms with Gasteiger partial charge in [0.25, 0.3) is 5.78 Å². The third-order valence-corrected chi connectivity index (χ3v) is 9.36. The van der Waals surface area contributed by atoms with Gasteiger partial charge in [-0.15, -0.1) is 10.2 Å². The van der Waals surface area contributed by atoms with E-state index in [0.29, 0.717) is 39.1 Å². The Morgan fingerprint density at radius 2 is 1.59 bits per heavy atom. The van der Waals surface area contributed by atoms with Crippen molar-refractivity contribution in [2.45, 2.75) is 29.7 Å². The number of hydrogen-bond acceptors (Lipinski definition) is 8. The number of carbonyl (C=O) groups excluding carboxylic acids is 2. The number of aromatic nitrogens is 2. The fourth-order valence-corrected chi connectivity index (χ4v) is 6.75. The minimum absolute atomic E-state index is 0.0504. The van der Waals surface area contributed by atoms with Gasteiger partial charge in [0.15, 0.2) is 4.34 Å². The van der Waals surface area contributed by atoms with Crippen LogP contribution in [-0.4, -0.2) is 27.0 Å². The second kappa shape index (κ2) is 12.8. The first kappa shape index (κ1) is 29.3. The molecule has 1 atom stereocenters. The summed E-state index contributed by atoms with van der Waals surface area (Å²) in [5, 5.41) is 20.0. The molecule has 0 aliphatic carbocycles. The molecule has 0 radical (unpaired) electrons. The molecule has 1 aliphatic rings. The van der Waals surface area contributed by atoms with Gasteiger partial charge >= 0.3 is 5.91 Å². The number of nitrogens with zero attached hydrogens (tertiary/aromatic N) is 3. The lowest BCUT2D eigenvalue weighted by molar-refractivity contribution is -0.132. The molecule has 1 amide bonds. The Kier molecular flexibility index (Phi) is 8.53. The summed E-state index contributed by atoms with van der Waals surface area (Å²) in [7, 11) is 0. The highest BCUT2D eigenvalue weighted by molar-refractivity contribution is 8.00. The number of Topliss-reactive ketones (excluding diaryl/α,β-unsaturated/α-hetero) is 1. The van der Waals surface area contributed by atoms with Gasteiger partial charge in [0.2, 0.25) is 5.13 Å². The quantitative estimate of drug-likeness (QED) is 0.0598. The highest BCUT2D eigenvalue weighted by atomic mass is 32.2. The molecule has 0 saturated carbocycles. The van der Waals surface area contributed by atoms with Crippen molar-refractivity contribution >= 4 is 45.7 Å². The summed E-state index contributed by atoms with van der Waals surface area (Å²) in [6.07, 6.45) is 0. The van der Waals surface area contributed by atoms with E-state index in [9.17, 15) is 19.1 Å². The molecule has 1 N–H and O–H groups in total. The number of aliphatic hydroxyl groups is 1. The lowest BCUT2D eigenvalue weighted by Gasteiger charge is -2.22. The number of amides is 1. The lowest BCUT2D eigenvalue weighted by atomic mass is 9.95. The monoisotopic (exact) mass is 623 g/mol. The zero-order valence-corrected chi connectivity index (χ0v) is 25.1. The molecule has 0 bridgehead atoms. The fraction of sp³-hybridized carbons (Fsp3) is 0.118. The van der Waals surface area contributed by atoms with Crippen LogP contribution in [0.2, 0.25) is 0 Å². The highest BCUT2D eigenvalue weighted by Crippen LogP contribution is 2.44. The van der Waals surface area contributed by atoms with Gasteiger partial charge in [-0.2, -0.15) is 0 Å². The van der Waals surface area contributed by atoms with Crippen molar-refractivity contribution in [3.63, 3.8) is 0 Å². The molecule has 4 aromatic carbocycles. The van der Waals surface area contributed by atoms with Gasteiger partial charge in [-0.1, -0.05) is 95.9 Å². The molecule has 1 fully saturated rings. The van der Waals surface area contributed by atoms with Crippen LogP contribution in [0.3, 0.4) is 0 Å². The molecular weight excluding hydrogens is 598 g/mol. The number of rotatable bonds is 9. The standard InChI is InChI=1S/C34H26FN3O4S2/c1-21-9-5-6-12-24(21)19-42-26-17-15-23(16-18-26)30(39)28-29(22-10-3-2-4-11-22)38(32(41)31(28)40)33-36-37-34(44-33)43-20-25-13-7-8-14-27(25)35/h2-18,29,39H,19-20H2,1H3. The minimum Gasteiger partial charge on any atom is -0.507 e. The normalized spacial score (nSPS) is 16.0. The Balaban J connectivity index is 1.29. The van der Waals surface area contributed by atoms with Gasteiger partial charge in [0.05, 0.1) is 11.6 Å². The molecule has 1 unspecified atom stereocenters. The maximum absolute atomic E-state index is 14.1. The molecule has 0 spiro atoms. The predicted molar refractivity (Wildman–Crippen MR) is 169 cm³/mol. The number of thioether (sulfide) groups is 1. The molecule has 5 aromatic rings. The van der Waals surface area contributed by atoms with Crippen molar-refractivity contribution in [2.24, 2.45) is 0 Å². The SMILES string of the molecule is Cc1ccccc1COc1ccc(C(O)=C2C(=O)C(=O)N(c3nnc(SCc4ccccc4F)s3)C2c2ccccc2)cc1. The molecule has 6 rings (SSSR count). The van der Waals surface area contributed by atoms with E-state index in [2.05, 4.69) is 10.2 Å². The molecule has 2 heterocycles. The zero-order valence-electron chi connectivity index (χ0n) is 23.5. The Morgan fingerprint density at radius 1 is 0.909 bits per heavy atom. The van der Waals surface area contributed by atoms with Crippen LogP contribution in [0.15, 0.2) is 113 Å². The van der Waals surface area contributed by atoms with Crippen molar-refractivity contribution in [3.8, 4) is 5.75 Å². The number of aryl methyl sites for hydroxylation is 1. The first-order valence-electron chi connectivity index (χ1n) is 13.7. The Bertz CT molecular complexity index is 1860. The average molecular weight is 624 g/mol. The Labute approximate surface area is 261 Å². The van der Waals surface area contributed by atoms with E-state index in [1.807, 2.05) is 37.3 Å². The van der Waals surface area contributed by atoms with Crippen LogP contribution in [-0.2, 0) is 21.9 Å². The molecule has 1 saturated heterocycles. The van der Waals surface area contributed by atoms with E-state index < -0.39 is 17.7 Å². The molecular formula is C34H26FN3O4S2. The van der Waals surface area contributed by atoms with E-state index in [1.54, 1.807) is 66.7 Å². The molecule has 44 heavy (non-hydrogen) atoms. The van der Waals surface area contributed by atoms with Gasteiger partial charge in [0, 0.05) is 11.3 Å². The third kappa shape index (κ3) is 5.99. The summed E-state index contributed by atoms with van der Waals surface area (Å²) in [6.45, 7) is 2.41. The van der Waals surface area contributed by atoms with Gasteiger partial charge in [-0.25, -0.2) is 4.39 Å². The number of hydrogen-bond donors (Lipinski definition) is 1. The number of carbonyl (C=O) groups is 2. The maximum Gasteiger partial charge on any atom is 0.301 e. The van der Waals surface area contributed by atoms with Crippen LogP contribution < -0.4 is 9.64 Å². The van der Waals surface area contributed by atoms with Crippen molar-refractivity contribution in [3.05, 3.63) is 142 Å². The van der Waals surface area contributed by atoms with Crippen LogP contribution in [0.1, 0.15) is 33.9 Å². The Hall–Kier alpha value is -4.80.